The molecule has 0 saturated carbocycles. The molecule has 0 atom stereocenters. The number of rotatable bonds is 6. The number of aromatic nitrogens is 18. The zero-order valence-corrected chi connectivity index (χ0v) is 86.1. The maximum Gasteiger partial charge on any atom is 0.143 e. The highest BCUT2D eigenvalue weighted by atomic mass is 16.3. The van der Waals surface area contributed by atoms with Gasteiger partial charge in [0.25, 0.3) is 0 Å². The fraction of sp³-hybridized carbons (Fsp3) is 0.189. The van der Waals surface area contributed by atoms with E-state index >= 15 is 0 Å². The van der Waals surface area contributed by atoms with Crippen molar-refractivity contribution in [2.75, 3.05) is 19.6 Å². The van der Waals surface area contributed by atoms with Crippen molar-refractivity contribution < 1.29 is 4.42 Å². The third kappa shape index (κ3) is 13.2. The summed E-state index contributed by atoms with van der Waals surface area (Å²) >= 11 is 0. The van der Waals surface area contributed by atoms with Crippen LogP contribution in [-0.2, 0) is 43.3 Å². The van der Waals surface area contributed by atoms with Crippen LogP contribution in [0.4, 0.5) is 68.6 Å². The highest BCUT2D eigenvalue weighted by Gasteiger charge is 2.54. The maximum absolute atomic E-state index is 6.37. The van der Waals surface area contributed by atoms with E-state index in [4.69, 9.17) is 44.3 Å². The summed E-state index contributed by atoms with van der Waals surface area (Å²) in [7, 11) is 0. The van der Waals surface area contributed by atoms with Crippen molar-refractivity contribution in [1.29, 1.82) is 0 Å². The second kappa shape index (κ2) is 32.8. The fourth-order valence-corrected chi connectivity index (χ4v) is 24.8. The minimum absolute atomic E-state index is 0.168. The highest BCUT2D eigenvalue weighted by Crippen LogP contribution is 2.66. The fourth-order valence-electron chi connectivity index (χ4n) is 24.8. The number of fused-ring (bicyclic) bond motifs is 22. The van der Waals surface area contributed by atoms with Gasteiger partial charge in [-0.15, -0.1) is 0 Å². The van der Waals surface area contributed by atoms with Crippen LogP contribution in [0.5, 0.6) is 0 Å². The number of hydrogen-bond acceptors (Lipinski definition) is 22. The molecular formula is C127H104N22O. The Hall–Kier alpha value is -18.0. The van der Waals surface area contributed by atoms with E-state index in [0.717, 1.165) is 192 Å². The summed E-state index contributed by atoms with van der Waals surface area (Å²) in [5.41, 5.74) is 40.0. The smallest absolute Gasteiger partial charge is 0.143 e. The van der Waals surface area contributed by atoms with Crippen molar-refractivity contribution in [1.82, 2.24) is 89.3 Å². The topological polar surface area (TPSA) is 250 Å². The predicted molar refractivity (Wildman–Crippen MR) is 593 cm³/mol. The Balaban J connectivity index is 0.0000000989. The van der Waals surface area contributed by atoms with Crippen LogP contribution in [0.25, 0.3) is 106 Å². The molecule has 0 fully saturated rings. The summed E-state index contributed by atoms with van der Waals surface area (Å²) in [6, 6.07) is 75.7. The quantitative estimate of drug-likeness (QED) is 0.150. The predicted octanol–water partition coefficient (Wildman–Crippen LogP) is 28.8. The Bertz CT molecular complexity index is 9130. The van der Waals surface area contributed by atoms with Crippen LogP contribution in [0.2, 0.25) is 0 Å². The zero-order valence-electron chi connectivity index (χ0n) is 86.1. The molecule has 30 rings (SSSR count). The Kier molecular flexibility index (Phi) is 19.8. The second-order valence-corrected chi connectivity index (χ2v) is 44.3. The van der Waals surface area contributed by atoms with Crippen LogP contribution < -0.4 is 19.6 Å². The van der Waals surface area contributed by atoms with Crippen molar-refractivity contribution >= 4 is 112 Å². The van der Waals surface area contributed by atoms with Crippen LogP contribution >= 0.6 is 0 Å². The van der Waals surface area contributed by atoms with Gasteiger partial charge < -0.3 is 13.9 Å². The van der Waals surface area contributed by atoms with Crippen LogP contribution in [0.15, 0.2) is 347 Å². The van der Waals surface area contributed by atoms with E-state index in [1.54, 1.807) is 24.8 Å². The molecule has 728 valence electrons. The first-order valence-corrected chi connectivity index (χ1v) is 51.0. The lowest BCUT2D eigenvalue weighted by Crippen LogP contribution is -2.40. The minimum atomic E-state index is -0.507. The Morgan fingerprint density at radius 3 is 1.30 bits per heavy atom. The molecule has 8 aliphatic rings. The summed E-state index contributed by atoms with van der Waals surface area (Å²) in [5.74, 6) is 2.78. The SMILES string of the molecule is CC1(C)c2cc(-c3ccccn3)cnc2N2c3ccc(-c4ccccn4)nc3C(C)(C)c3nc(-c4ccccn4)cc1c32.CC1(C)c2ccncc2N2c3ncc(-c4cccc5c4oc4ccccc45)cc3C(C)(C)c3cncc1c32.CC1(C)c2ccncc2N2c3ncc(-n4c5ccccc5c5ccccc54)cc3C(C)(C)c3nccc1c32.CC1(C)c2cnccc2N2c3ccncc3C(C)(C)c3nc(-c4cnccn4)cc1c32. The van der Waals surface area contributed by atoms with Crippen LogP contribution in [-0.4, -0.2) is 89.3 Å². The number of furan rings is 1. The Morgan fingerprint density at radius 1 is 0.220 bits per heavy atom. The van der Waals surface area contributed by atoms with Gasteiger partial charge in [0.15, 0.2) is 0 Å². The number of para-hydroxylation sites is 4. The van der Waals surface area contributed by atoms with E-state index in [1.165, 1.54) is 72.0 Å². The first-order valence-electron chi connectivity index (χ1n) is 51.0. The van der Waals surface area contributed by atoms with Gasteiger partial charge in [-0.05, 0) is 197 Å². The Morgan fingerprint density at radius 2 is 0.673 bits per heavy atom. The van der Waals surface area contributed by atoms with Gasteiger partial charge in [0, 0.05) is 214 Å². The monoisotopic (exact) mass is 1950 g/mol. The molecule has 22 aromatic rings. The number of hydrogen-bond donors (Lipinski definition) is 0. The molecule has 18 aromatic heterocycles. The number of anilines is 12. The van der Waals surface area contributed by atoms with E-state index in [9.17, 15) is 0 Å². The summed E-state index contributed by atoms with van der Waals surface area (Å²) < 4.78 is 8.71. The van der Waals surface area contributed by atoms with Gasteiger partial charge in [0.05, 0.1) is 155 Å². The molecule has 8 aliphatic heterocycles. The first kappa shape index (κ1) is 90.7. The average Bonchev–Trinajstić information content (AvgIpc) is 0.931. The highest BCUT2D eigenvalue weighted by molar-refractivity contribution is 6.11. The molecule has 0 amide bonds. The van der Waals surface area contributed by atoms with Crippen molar-refractivity contribution in [3.05, 3.63) is 432 Å². The largest absolute Gasteiger partial charge is 0.455 e. The lowest BCUT2D eigenvalue weighted by Gasteiger charge is -2.48. The van der Waals surface area contributed by atoms with Gasteiger partial charge >= 0.3 is 0 Å². The van der Waals surface area contributed by atoms with Crippen LogP contribution in [0.3, 0.4) is 0 Å². The molecule has 0 aliphatic carbocycles. The number of benzene rings is 4. The van der Waals surface area contributed by atoms with Crippen LogP contribution in [0, 0.1) is 0 Å². The summed E-state index contributed by atoms with van der Waals surface area (Å²) in [6.45, 7) is 36.2. The molecule has 0 radical (unpaired) electrons. The lowest BCUT2D eigenvalue weighted by atomic mass is 9.68. The third-order valence-electron chi connectivity index (χ3n) is 32.9. The van der Waals surface area contributed by atoms with Gasteiger partial charge in [-0.3, -0.25) is 69.5 Å². The van der Waals surface area contributed by atoms with Gasteiger partial charge in [-0.2, -0.15) is 0 Å². The molecule has 0 saturated heterocycles. The van der Waals surface area contributed by atoms with Gasteiger partial charge in [0.1, 0.15) is 34.3 Å². The van der Waals surface area contributed by atoms with E-state index in [-0.39, 0.29) is 37.9 Å². The van der Waals surface area contributed by atoms with Crippen LogP contribution in [0.1, 0.15) is 200 Å². The normalized spacial score (nSPS) is 16.1. The molecule has 0 spiro atoms. The molecule has 0 bridgehead atoms. The van der Waals surface area contributed by atoms with E-state index in [2.05, 4.69) is 331 Å². The molecule has 0 unspecified atom stereocenters. The van der Waals surface area contributed by atoms with E-state index < -0.39 is 5.41 Å². The van der Waals surface area contributed by atoms with E-state index in [1.807, 2.05) is 166 Å². The molecule has 23 heteroatoms. The molecule has 4 aromatic carbocycles. The summed E-state index contributed by atoms with van der Waals surface area (Å²) in [5, 5.41) is 4.74. The van der Waals surface area contributed by atoms with Gasteiger partial charge in [0.2, 0.25) is 0 Å². The van der Waals surface area contributed by atoms with Crippen molar-refractivity contribution in [3.63, 3.8) is 0 Å². The minimum Gasteiger partial charge on any atom is -0.455 e. The zero-order chi connectivity index (χ0) is 102. The first-order chi connectivity index (χ1) is 72.5. The average molecular weight is 1950 g/mol. The molecular weight excluding hydrogens is 1850 g/mol. The molecule has 23 nitrogen and oxygen atoms in total. The second-order valence-electron chi connectivity index (χ2n) is 44.3. The van der Waals surface area contributed by atoms with Gasteiger partial charge in [-0.1, -0.05) is 160 Å². The van der Waals surface area contributed by atoms with Crippen molar-refractivity contribution in [2.45, 2.75) is 154 Å². The number of pyridine rings is 15. The lowest BCUT2D eigenvalue weighted by molar-refractivity contribution is 0.565. The van der Waals surface area contributed by atoms with Crippen molar-refractivity contribution in [3.8, 4) is 62.2 Å². The Labute approximate surface area is 868 Å². The number of nitrogens with zero attached hydrogens (tertiary/aromatic N) is 22. The molecule has 150 heavy (non-hydrogen) atoms. The molecule has 26 heterocycles. The molecule has 0 N–H and O–H groups in total. The third-order valence-corrected chi connectivity index (χ3v) is 32.9. The van der Waals surface area contributed by atoms with Crippen molar-refractivity contribution in [2.24, 2.45) is 0 Å². The standard InChI is InChI=1S/C36H29N7.C33H27N5.C33H26N4O.C25H22N6/c1-35(2)23-20-29(27-13-7-10-18-39-27)42-33-31(23)43(34-24(35)19-22(21-40-34)25-11-5-8-16-37-25)30-15-14-28(26-12-6-9-17-38-26)41-32(30)36(33,3)4;1-32(2)23-13-15-34-19-28(23)38-29-24(32)14-16-35-30(29)33(3,4)25-17-20(18-36-31(25)38)37-26-11-7-5-9-21(26)22-10-6-8-12-27(22)37;1-32(2)23-12-13-34-18-27(23)37-29-25(32)16-35-17-26(29)33(3,4)24-14-19(15-36-31(24)37)20-9-7-10-22-21-8-5-6-11-28(21)38-30(20)22;1-24(2)15-11-18(19-14-28-9-10-29-19)30-23-22(15)31(20-5-7-26-12-16(20)24)21-6-8-27-13-17(21)25(23,3)4/h5-21H,1-4H3;5-19H,1-4H3;5-18H,1-4H3;5-14H,1-4H3. The van der Waals surface area contributed by atoms with Gasteiger partial charge in [-0.25, -0.2) is 29.9 Å². The summed E-state index contributed by atoms with van der Waals surface area (Å²) in [4.78, 5) is 90.9. The van der Waals surface area contributed by atoms with E-state index in [0.29, 0.717) is 0 Å². The maximum atomic E-state index is 6.37. The summed E-state index contributed by atoms with van der Waals surface area (Å²) in [6.07, 6.45) is 37.9.